The Bertz CT molecular complexity index is 1120. The zero-order valence-electron chi connectivity index (χ0n) is 16.7. The van der Waals surface area contributed by atoms with Gasteiger partial charge < -0.3 is 0 Å². The van der Waals surface area contributed by atoms with Crippen LogP contribution in [0.4, 0.5) is 5.69 Å². The van der Waals surface area contributed by atoms with Crippen molar-refractivity contribution in [1.82, 2.24) is 0 Å². The minimum atomic E-state index is -0.527. The molecule has 0 saturated carbocycles. The molecule has 3 aromatic rings. The van der Waals surface area contributed by atoms with Crippen LogP contribution in [0.2, 0.25) is 0 Å². The van der Waals surface area contributed by atoms with Crippen molar-refractivity contribution in [3.63, 3.8) is 0 Å². The number of rotatable bonds is 1. The molecular weight excluding hydrogens is 485 g/mol. The molecule has 0 radical (unpaired) electrons. The lowest BCUT2D eigenvalue weighted by Gasteiger charge is -2.57. The Balaban J connectivity index is 1.66. The van der Waals surface area contributed by atoms with Gasteiger partial charge in [0.2, 0.25) is 11.8 Å². The van der Waals surface area contributed by atoms with Crippen LogP contribution < -0.4 is 4.90 Å². The van der Waals surface area contributed by atoms with E-state index in [9.17, 15) is 9.59 Å². The zero-order chi connectivity index (χ0) is 20.8. The molecule has 2 amide bonds. The molecule has 1 heterocycles. The number of hydrogen-bond acceptors (Lipinski definition) is 2. The Morgan fingerprint density at radius 2 is 1.03 bits per heavy atom. The summed E-state index contributed by atoms with van der Waals surface area (Å²) >= 11 is 2.24. The second kappa shape index (κ2) is 5.82. The highest BCUT2D eigenvalue weighted by atomic mass is 127. The molecule has 0 spiro atoms. The Hall–Kier alpha value is -2.47. The Labute approximate surface area is 189 Å². The van der Waals surface area contributed by atoms with Crippen molar-refractivity contribution < 1.29 is 9.59 Å². The quantitative estimate of drug-likeness (QED) is 0.344. The van der Waals surface area contributed by atoms with Gasteiger partial charge in [0.05, 0.1) is 17.5 Å². The summed E-state index contributed by atoms with van der Waals surface area (Å²) < 4.78 is 1.08. The fourth-order valence-corrected chi connectivity index (χ4v) is 6.77. The minimum Gasteiger partial charge on any atom is -0.274 e. The van der Waals surface area contributed by atoms with Crippen molar-refractivity contribution in [1.29, 1.82) is 0 Å². The predicted molar refractivity (Wildman–Crippen MR) is 124 cm³/mol. The van der Waals surface area contributed by atoms with Crippen LogP contribution in [-0.2, 0) is 20.4 Å². The highest BCUT2D eigenvalue weighted by Crippen LogP contribution is 2.66. The van der Waals surface area contributed by atoms with Crippen LogP contribution in [0.25, 0.3) is 0 Å². The second-order valence-corrected chi connectivity index (χ2v) is 10.2. The molecule has 30 heavy (non-hydrogen) atoms. The maximum Gasteiger partial charge on any atom is 0.238 e. The summed E-state index contributed by atoms with van der Waals surface area (Å²) in [7, 11) is 0. The standard InChI is InChI=1S/C26H20INO2/c1-25-17-7-3-5-9-19(17)26(2,20-10-6-4-8-18(20)25)22-21(25)23(29)28(24(22)30)16-13-11-15(27)12-14-16/h3-14,21-22H,1-2H3. The molecule has 3 aromatic carbocycles. The van der Waals surface area contributed by atoms with Gasteiger partial charge in [-0.3, -0.25) is 9.59 Å². The topological polar surface area (TPSA) is 37.4 Å². The van der Waals surface area contributed by atoms with Gasteiger partial charge in [0.15, 0.2) is 0 Å². The summed E-state index contributed by atoms with van der Waals surface area (Å²) in [5.74, 6) is -0.967. The van der Waals surface area contributed by atoms with Crippen LogP contribution >= 0.6 is 22.6 Å². The van der Waals surface area contributed by atoms with Crippen LogP contribution in [0, 0.1) is 15.4 Å². The van der Waals surface area contributed by atoms with Gasteiger partial charge in [0, 0.05) is 14.4 Å². The lowest BCUT2D eigenvalue weighted by atomic mass is 9.42. The van der Waals surface area contributed by atoms with E-state index in [1.807, 2.05) is 48.5 Å². The van der Waals surface area contributed by atoms with Crippen molar-refractivity contribution in [2.45, 2.75) is 24.7 Å². The fourth-order valence-electron chi connectivity index (χ4n) is 6.42. The highest BCUT2D eigenvalue weighted by Gasteiger charge is 2.70. The normalized spacial score (nSPS) is 30.8. The number of benzene rings is 3. The van der Waals surface area contributed by atoms with Crippen molar-refractivity contribution >= 4 is 40.1 Å². The first kappa shape index (κ1) is 18.3. The van der Waals surface area contributed by atoms with Gasteiger partial charge in [-0.1, -0.05) is 62.4 Å². The first-order valence-electron chi connectivity index (χ1n) is 10.2. The molecule has 0 N–H and O–H groups in total. The van der Waals surface area contributed by atoms with Crippen molar-refractivity contribution in [3.8, 4) is 0 Å². The summed E-state index contributed by atoms with van der Waals surface area (Å²) in [5, 5.41) is 0. The molecule has 0 aromatic heterocycles. The van der Waals surface area contributed by atoms with Crippen LogP contribution in [-0.4, -0.2) is 11.8 Å². The highest BCUT2D eigenvalue weighted by molar-refractivity contribution is 14.1. The maximum atomic E-state index is 13.9. The molecular formula is C26H20INO2. The molecule has 1 fully saturated rings. The van der Waals surface area contributed by atoms with Crippen LogP contribution in [0.15, 0.2) is 72.8 Å². The van der Waals surface area contributed by atoms with Crippen molar-refractivity contribution in [2.24, 2.45) is 11.8 Å². The summed E-state index contributed by atoms with van der Waals surface area (Å²) in [6.45, 7) is 4.31. The smallest absolute Gasteiger partial charge is 0.238 e. The zero-order valence-corrected chi connectivity index (χ0v) is 18.9. The molecule has 3 nitrogen and oxygen atoms in total. The number of imide groups is 1. The molecule has 7 rings (SSSR count). The third-order valence-electron chi connectivity index (χ3n) is 7.73. The molecule has 2 bridgehead atoms. The Kier molecular flexibility index (Phi) is 3.55. The van der Waals surface area contributed by atoms with E-state index in [4.69, 9.17) is 0 Å². The number of carbonyl (C=O) groups excluding carboxylic acids is 2. The van der Waals surface area contributed by atoms with Gasteiger partial charge in [-0.25, -0.2) is 4.90 Å². The molecule has 2 unspecified atom stereocenters. The lowest BCUT2D eigenvalue weighted by molar-refractivity contribution is -0.124. The first-order chi connectivity index (χ1) is 14.4. The van der Waals surface area contributed by atoms with E-state index in [1.165, 1.54) is 27.2 Å². The SMILES string of the molecule is CC12c3ccccc3C(C)(c3ccccc31)C1C(=O)N(c3ccc(I)cc3)C(=O)C12. The number of carbonyl (C=O) groups is 2. The van der Waals surface area contributed by atoms with E-state index in [1.54, 1.807) is 0 Å². The number of hydrogen-bond donors (Lipinski definition) is 0. The average molecular weight is 505 g/mol. The van der Waals surface area contributed by atoms with E-state index >= 15 is 0 Å². The van der Waals surface area contributed by atoms with Gasteiger partial charge >= 0.3 is 0 Å². The van der Waals surface area contributed by atoms with E-state index in [-0.39, 0.29) is 11.8 Å². The molecule has 1 aliphatic heterocycles. The van der Waals surface area contributed by atoms with Gasteiger partial charge in [0.25, 0.3) is 0 Å². The predicted octanol–water partition coefficient (Wildman–Crippen LogP) is 5.04. The molecule has 4 aliphatic rings. The first-order valence-corrected chi connectivity index (χ1v) is 11.3. The summed E-state index contributed by atoms with van der Waals surface area (Å²) in [6, 6.07) is 24.4. The van der Waals surface area contributed by atoms with Gasteiger partial charge in [-0.05, 0) is 69.1 Å². The van der Waals surface area contributed by atoms with Crippen LogP contribution in [0.5, 0.6) is 0 Å². The number of halogens is 1. The monoisotopic (exact) mass is 505 g/mol. The number of amides is 2. The molecule has 3 aliphatic carbocycles. The maximum absolute atomic E-state index is 13.9. The van der Waals surface area contributed by atoms with Gasteiger partial charge in [0.1, 0.15) is 0 Å². The largest absolute Gasteiger partial charge is 0.274 e. The van der Waals surface area contributed by atoms with Gasteiger partial charge in [-0.2, -0.15) is 0 Å². The van der Waals surface area contributed by atoms with E-state index < -0.39 is 22.7 Å². The summed E-state index contributed by atoms with van der Waals surface area (Å²) in [4.78, 5) is 29.2. The van der Waals surface area contributed by atoms with Crippen LogP contribution in [0.1, 0.15) is 36.1 Å². The van der Waals surface area contributed by atoms with E-state index in [0.717, 1.165) is 3.57 Å². The van der Waals surface area contributed by atoms with E-state index in [2.05, 4.69) is 60.7 Å². The van der Waals surface area contributed by atoms with Crippen molar-refractivity contribution in [2.75, 3.05) is 4.90 Å². The third-order valence-corrected chi connectivity index (χ3v) is 8.45. The fraction of sp³-hybridized carbons (Fsp3) is 0.231. The van der Waals surface area contributed by atoms with Crippen molar-refractivity contribution in [3.05, 3.63) is 98.6 Å². The molecule has 2 atom stereocenters. The Morgan fingerprint density at radius 3 is 1.40 bits per heavy atom. The Morgan fingerprint density at radius 1 is 0.667 bits per heavy atom. The average Bonchev–Trinajstić information content (AvgIpc) is 3.04. The second-order valence-electron chi connectivity index (χ2n) is 8.94. The lowest BCUT2D eigenvalue weighted by Crippen LogP contribution is -2.59. The van der Waals surface area contributed by atoms with E-state index in [0.29, 0.717) is 5.69 Å². The molecule has 4 heteroatoms. The number of nitrogens with zero attached hydrogens (tertiary/aromatic N) is 1. The third kappa shape index (κ3) is 1.92. The molecule has 148 valence electrons. The number of anilines is 1. The summed E-state index contributed by atoms with van der Waals surface area (Å²) in [6.07, 6.45) is 0. The molecule has 1 saturated heterocycles. The van der Waals surface area contributed by atoms with Gasteiger partial charge in [-0.15, -0.1) is 0 Å². The minimum absolute atomic E-state index is 0.0797. The van der Waals surface area contributed by atoms with Crippen LogP contribution in [0.3, 0.4) is 0 Å². The summed E-state index contributed by atoms with van der Waals surface area (Å²) in [5.41, 5.74) is 4.33.